The molecular weight excluding hydrogens is 484 g/mol. The molecule has 0 saturated carbocycles. The van der Waals surface area contributed by atoms with Crippen LogP contribution in [0.15, 0.2) is 61.1 Å². The van der Waals surface area contributed by atoms with Gasteiger partial charge in [0, 0.05) is 17.0 Å². The summed E-state index contributed by atoms with van der Waals surface area (Å²) in [5.41, 5.74) is 1.04. The molecule has 0 radical (unpaired) electrons. The molecule has 4 aromatic rings. The van der Waals surface area contributed by atoms with Crippen LogP contribution < -0.4 is 14.8 Å². The van der Waals surface area contributed by atoms with E-state index in [1.807, 2.05) is 0 Å². The van der Waals surface area contributed by atoms with E-state index >= 15 is 0 Å². The molecular formula is C24H20F4N4O4. The summed E-state index contributed by atoms with van der Waals surface area (Å²) >= 11 is 0. The van der Waals surface area contributed by atoms with Gasteiger partial charge in [0.15, 0.2) is 6.20 Å². The van der Waals surface area contributed by atoms with Crippen LogP contribution in [0.3, 0.4) is 0 Å². The van der Waals surface area contributed by atoms with Gasteiger partial charge >= 0.3 is 6.18 Å². The lowest BCUT2D eigenvalue weighted by atomic mass is 10.0. The highest BCUT2D eigenvalue weighted by Gasteiger charge is 2.39. The Balaban J connectivity index is 0.00000115. The van der Waals surface area contributed by atoms with Crippen molar-refractivity contribution >= 4 is 23.2 Å². The summed E-state index contributed by atoms with van der Waals surface area (Å²) in [5.74, 6) is 0.502. The van der Waals surface area contributed by atoms with Crippen LogP contribution >= 0.6 is 0 Å². The van der Waals surface area contributed by atoms with E-state index in [0.29, 0.717) is 28.0 Å². The average Bonchev–Trinajstić information content (AvgIpc) is 2.83. The Hall–Kier alpha value is -4.48. The van der Waals surface area contributed by atoms with Crippen LogP contribution in [0.2, 0.25) is 0 Å². The molecule has 8 nitrogen and oxygen atoms in total. The molecule has 0 unspecified atom stereocenters. The maximum atomic E-state index is 13.3. The summed E-state index contributed by atoms with van der Waals surface area (Å²) in [6.07, 6.45) is -2.53. The Bertz CT molecular complexity index is 1370. The van der Waals surface area contributed by atoms with Crippen molar-refractivity contribution in [3.05, 3.63) is 83.3 Å². The van der Waals surface area contributed by atoms with E-state index in [9.17, 15) is 22.8 Å². The maximum absolute atomic E-state index is 13.3. The number of benzene rings is 2. The first-order chi connectivity index (χ1) is 17.1. The van der Waals surface area contributed by atoms with Crippen molar-refractivity contribution in [2.75, 3.05) is 12.4 Å². The van der Waals surface area contributed by atoms with Crippen LogP contribution in [0.1, 0.15) is 24.2 Å². The smallest absolute Gasteiger partial charge is 0.478 e. The van der Waals surface area contributed by atoms with Gasteiger partial charge in [0.25, 0.3) is 12.2 Å². The second-order valence-corrected chi connectivity index (χ2v) is 7.45. The SMILES string of the molecule is COc1cc(-c2ccc(F)cc2)cc2c(N[C@H](C)c3ccc(C(F)(F)F)[n+]([O-])c3)ncnc12.O=CO. The van der Waals surface area contributed by atoms with Crippen LogP contribution in [0.5, 0.6) is 5.75 Å². The van der Waals surface area contributed by atoms with Crippen LogP contribution in [-0.4, -0.2) is 28.7 Å². The molecule has 2 aromatic carbocycles. The summed E-state index contributed by atoms with van der Waals surface area (Å²) in [4.78, 5) is 16.9. The number of halogens is 4. The standard InChI is InChI=1S/C23H18F4N4O2.CH2O2/c1-13(15-5-8-20(23(25,26)27)31(32)11-15)30-22-18-9-16(14-3-6-17(24)7-4-14)10-19(33-2)21(18)28-12-29-22;2-1-3/h3-13H,1-2H3,(H,28,29,30);1H,(H,2,3)/t13-;/m1./s1. The molecule has 0 bridgehead atoms. The van der Waals surface area contributed by atoms with Crippen molar-refractivity contribution in [1.29, 1.82) is 0 Å². The number of methoxy groups -OCH3 is 1. The average molecular weight is 504 g/mol. The van der Waals surface area contributed by atoms with Gasteiger partial charge in [-0.2, -0.15) is 17.9 Å². The number of alkyl halides is 3. The highest BCUT2D eigenvalue weighted by molar-refractivity contribution is 5.96. The molecule has 188 valence electrons. The molecule has 0 spiro atoms. The zero-order chi connectivity index (χ0) is 26.5. The second-order valence-electron chi connectivity index (χ2n) is 7.45. The number of hydrogen-bond donors (Lipinski definition) is 2. The fourth-order valence-electron chi connectivity index (χ4n) is 3.48. The Morgan fingerprint density at radius 2 is 1.78 bits per heavy atom. The topological polar surface area (TPSA) is 111 Å². The molecule has 0 aliphatic heterocycles. The molecule has 0 fully saturated rings. The quantitative estimate of drug-likeness (QED) is 0.171. The Labute approximate surface area is 202 Å². The fourth-order valence-corrected chi connectivity index (χ4v) is 3.48. The predicted molar refractivity (Wildman–Crippen MR) is 123 cm³/mol. The van der Waals surface area contributed by atoms with E-state index in [4.69, 9.17) is 14.6 Å². The lowest BCUT2D eigenvalue weighted by Crippen LogP contribution is -2.37. The first-order valence-corrected chi connectivity index (χ1v) is 10.3. The number of fused-ring (bicyclic) bond motifs is 1. The minimum atomic E-state index is -4.74. The summed E-state index contributed by atoms with van der Waals surface area (Å²) in [7, 11) is 1.50. The van der Waals surface area contributed by atoms with E-state index in [2.05, 4.69) is 15.3 Å². The number of hydrogen-bond acceptors (Lipinski definition) is 6. The van der Waals surface area contributed by atoms with Gasteiger partial charge in [0.2, 0.25) is 0 Å². The number of rotatable bonds is 5. The molecule has 0 amide bonds. The van der Waals surface area contributed by atoms with E-state index < -0.39 is 17.9 Å². The molecule has 2 aromatic heterocycles. The third kappa shape index (κ3) is 5.77. The molecule has 12 heteroatoms. The van der Waals surface area contributed by atoms with Crippen LogP contribution in [-0.2, 0) is 11.0 Å². The van der Waals surface area contributed by atoms with Crippen LogP contribution in [0.25, 0.3) is 22.0 Å². The summed E-state index contributed by atoms with van der Waals surface area (Å²) in [5, 5.41) is 22.5. The molecule has 0 aliphatic carbocycles. The van der Waals surface area contributed by atoms with Gasteiger partial charge < -0.3 is 20.4 Å². The van der Waals surface area contributed by atoms with E-state index in [0.717, 1.165) is 23.4 Å². The molecule has 0 aliphatic rings. The summed E-state index contributed by atoms with van der Waals surface area (Å²) in [6.45, 7) is 1.44. The molecule has 0 saturated heterocycles. The first-order valence-electron chi connectivity index (χ1n) is 10.3. The van der Waals surface area contributed by atoms with Gasteiger partial charge in [0.05, 0.1) is 13.2 Å². The predicted octanol–water partition coefficient (Wildman–Crippen LogP) is 4.97. The molecule has 2 heterocycles. The summed E-state index contributed by atoms with van der Waals surface area (Å²) in [6, 6.07) is 11.0. The largest absolute Gasteiger partial charge is 0.618 e. The zero-order valence-electron chi connectivity index (χ0n) is 19.0. The minimum absolute atomic E-state index is 0.193. The van der Waals surface area contributed by atoms with Gasteiger partial charge in [-0.25, -0.2) is 14.4 Å². The number of carbonyl (C=O) groups is 1. The van der Waals surface area contributed by atoms with E-state index in [1.54, 1.807) is 31.2 Å². The number of ether oxygens (including phenoxy) is 1. The van der Waals surface area contributed by atoms with Crippen molar-refractivity contribution in [1.82, 2.24) is 9.97 Å². The van der Waals surface area contributed by atoms with Crippen molar-refractivity contribution < 1.29 is 36.9 Å². The van der Waals surface area contributed by atoms with Crippen LogP contribution in [0.4, 0.5) is 23.4 Å². The van der Waals surface area contributed by atoms with Gasteiger partial charge in [-0.3, -0.25) is 4.79 Å². The van der Waals surface area contributed by atoms with Gasteiger partial charge in [-0.05, 0) is 48.4 Å². The normalized spacial score (nSPS) is 11.8. The zero-order valence-corrected chi connectivity index (χ0v) is 19.0. The highest BCUT2D eigenvalue weighted by atomic mass is 19.4. The second kappa shape index (κ2) is 10.8. The van der Waals surface area contributed by atoms with E-state index in [1.165, 1.54) is 31.6 Å². The molecule has 2 N–H and O–H groups in total. The Morgan fingerprint density at radius 3 is 2.36 bits per heavy atom. The van der Waals surface area contributed by atoms with Crippen LogP contribution in [0, 0.1) is 11.0 Å². The Morgan fingerprint density at radius 1 is 1.11 bits per heavy atom. The monoisotopic (exact) mass is 504 g/mol. The summed E-state index contributed by atoms with van der Waals surface area (Å²) < 4.78 is 57.3. The third-order valence-corrected chi connectivity index (χ3v) is 5.18. The Kier molecular flexibility index (Phi) is 7.87. The number of anilines is 1. The minimum Gasteiger partial charge on any atom is -0.618 e. The van der Waals surface area contributed by atoms with Gasteiger partial charge in [-0.15, -0.1) is 0 Å². The van der Waals surface area contributed by atoms with Crippen molar-refractivity contribution in [2.24, 2.45) is 0 Å². The third-order valence-electron chi connectivity index (χ3n) is 5.18. The maximum Gasteiger partial charge on any atom is 0.478 e. The number of aromatic nitrogens is 3. The van der Waals surface area contributed by atoms with Gasteiger partial charge in [-0.1, -0.05) is 12.1 Å². The molecule has 4 rings (SSSR count). The molecule has 1 atom stereocenters. The lowest BCUT2D eigenvalue weighted by molar-refractivity contribution is -0.629. The number of nitrogens with one attached hydrogen (secondary N) is 1. The number of carboxylic acid groups (broad SMARTS) is 1. The number of pyridine rings is 1. The number of nitrogens with zero attached hydrogens (tertiary/aromatic N) is 3. The fraction of sp³-hybridized carbons (Fsp3) is 0.167. The van der Waals surface area contributed by atoms with Crippen molar-refractivity contribution in [3.8, 4) is 16.9 Å². The molecule has 36 heavy (non-hydrogen) atoms. The van der Waals surface area contributed by atoms with Gasteiger partial charge in [0.1, 0.15) is 29.2 Å². The highest BCUT2D eigenvalue weighted by Crippen LogP contribution is 2.35. The first kappa shape index (κ1) is 26.1. The van der Waals surface area contributed by atoms with Crippen molar-refractivity contribution in [3.63, 3.8) is 0 Å². The van der Waals surface area contributed by atoms with Crippen molar-refractivity contribution in [2.45, 2.75) is 19.1 Å². The van der Waals surface area contributed by atoms with E-state index in [-0.39, 0.29) is 17.0 Å². The lowest BCUT2D eigenvalue weighted by Gasteiger charge is -2.18.